The van der Waals surface area contributed by atoms with Gasteiger partial charge < -0.3 is 14.6 Å². The third-order valence-corrected chi connectivity index (χ3v) is 2.46. The van der Waals surface area contributed by atoms with Crippen LogP contribution in [0, 0.1) is 0 Å². The van der Waals surface area contributed by atoms with Crippen molar-refractivity contribution in [2.24, 2.45) is 0 Å². The number of nitrogens with zero attached hydrogens (tertiary/aromatic N) is 1. The fourth-order valence-electron chi connectivity index (χ4n) is 1.47. The van der Waals surface area contributed by atoms with Gasteiger partial charge in [0.15, 0.2) is 0 Å². The second kappa shape index (κ2) is 7.74. The third-order valence-electron chi connectivity index (χ3n) is 2.46. The number of furan rings is 1. The average molecular weight is 233 g/mol. The van der Waals surface area contributed by atoms with Crippen molar-refractivity contribution in [2.75, 3.05) is 20.6 Å². The molecule has 1 aromatic heterocycles. The van der Waals surface area contributed by atoms with Crippen LogP contribution in [0.1, 0.15) is 19.1 Å². The molecule has 1 atom stereocenters. The summed E-state index contributed by atoms with van der Waals surface area (Å²) in [6, 6.07) is 4.51. The standard InChI is InChI=1S/C11H20N2O.ClH/c1-4-10(13(2)3)8-12-9-11-6-5-7-14-11;/h5-7,10,12H,4,8-9H2,1-3H3;1H. The Kier molecular flexibility index (Phi) is 7.48. The Morgan fingerprint density at radius 2 is 2.20 bits per heavy atom. The van der Waals surface area contributed by atoms with Gasteiger partial charge in [0.1, 0.15) is 5.76 Å². The fourth-order valence-corrected chi connectivity index (χ4v) is 1.47. The molecule has 0 spiro atoms. The number of hydrogen-bond donors (Lipinski definition) is 1. The van der Waals surface area contributed by atoms with Crippen molar-refractivity contribution < 1.29 is 4.42 Å². The van der Waals surface area contributed by atoms with Gasteiger partial charge in [-0.1, -0.05) is 6.92 Å². The van der Waals surface area contributed by atoms with Gasteiger partial charge in [0, 0.05) is 12.6 Å². The maximum Gasteiger partial charge on any atom is 0.117 e. The van der Waals surface area contributed by atoms with E-state index in [1.54, 1.807) is 6.26 Å². The summed E-state index contributed by atoms with van der Waals surface area (Å²) in [6.07, 6.45) is 2.87. The smallest absolute Gasteiger partial charge is 0.117 e. The molecule has 0 aliphatic rings. The van der Waals surface area contributed by atoms with Gasteiger partial charge in [0.2, 0.25) is 0 Å². The van der Waals surface area contributed by atoms with E-state index in [9.17, 15) is 0 Å². The molecule has 1 N–H and O–H groups in total. The van der Waals surface area contributed by atoms with Crippen molar-refractivity contribution in [3.63, 3.8) is 0 Å². The molecule has 0 bridgehead atoms. The lowest BCUT2D eigenvalue weighted by Gasteiger charge is -2.22. The minimum Gasteiger partial charge on any atom is -0.468 e. The van der Waals surface area contributed by atoms with Gasteiger partial charge in [-0.3, -0.25) is 0 Å². The van der Waals surface area contributed by atoms with E-state index in [1.807, 2.05) is 12.1 Å². The van der Waals surface area contributed by atoms with E-state index in [0.29, 0.717) is 6.04 Å². The summed E-state index contributed by atoms with van der Waals surface area (Å²) in [5.41, 5.74) is 0. The first-order valence-corrected chi connectivity index (χ1v) is 5.13. The molecular weight excluding hydrogens is 212 g/mol. The van der Waals surface area contributed by atoms with Gasteiger partial charge in [0.05, 0.1) is 12.8 Å². The van der Waals surface area contributed by atoms with Crippen LogP contribution < -0.4 is 5.32 Å². The minimum atomic E-state index is 0. The molecule has 0 saturated heterocycles. The summed E-state index contributed by atoms with van der Waals surface area (Å²) in [4.78, 5) is 2.25. The van der Waals surface area contributed by atoms with Crippen molar-refractivity contribution in [2.45, 2.75) is 25.9 Å². The maximum atomic E-state index is 5.23. The van der Waals surface area contributed by atoms with Crippen LogP contribution in [0.4, 0.5) is 0 Å². The highest BCUT2D eigenvalue weighted by molar-refractivity contribution is 5.85. The number of likely N-dealkylation sites (N-methyl/N-ethyl adjacent to an activating group) is 1. The predicted octanol–water partition coefficient (Wildman–Crippen LogP) is 2.13. The SMILES string of the molecule is CCC(CNCc1ccco1)N(C)C.Cl. The van der Waals surface area contributed by atoms with Crippen molar-refractivity contribution in [1.82, 2.24) is 10.2 Å². The molecule has 0 aliphatic carbocycles. The van der Waals surface area contributed by atoms with Crippen LogP contribution in [-0.4, -0.2) is 31.6 Å². The van der Waals surface area contributed by atoms with Crippen LogP contribution in [0.15, 0.2) is 22.8 Å². The van der Waals surface area contributed by atoms with E-state index in [0.717, 1.165) is 25.3 Å². The molecule has 1 heterocycles. The average Bonchev–Trinajstić information content (AvgIpc) is 2.64. The normalized spacial score (nSPS) is 12.5. The molecule has 0 saturated carbocycles. The molecule has 0 aromatic carbocycles. The Bertz CT molecular complexity index is 237. The number of hydrogen-bond acceptors (Lipinski definition) is 3. The minimum absolute atomic E-state index is 0. The first-order valence-electron chi connectivity index (χ1n) is 5.13. The van der Waals surface area contributed by atoms with Gasteiger partial charge in [-0.2, -0.15) is 0 Å². The largest absolute Gasteiger partial charge is 0.468 e. The Morgan fingerprint density at radius 1 is 1.47 bits per heavy atom. The monoisotopic (exact) mass is 232 g/mol. The first-order chi connectivity index (χ1) is 6.74. The lowest BCUT2D eigenvalue weighted by molar-refractivity contribution is 0.273. The summed E-state index contributed by atoms with van der Waals surface area (Å²) in [6.45, 7) is 4.03. The molecule has 1 aromatic rings. The van der Waals surface area contributed by atoms with Crippen molar-refractivity contribution in [3.8, 4) is 0 Å². The van der Waals surface area contributed by atoms with E-state index in [2.05, 4.69) is 31.2 Å². The molecule has 3 nitrogen and oxygen atoms in total. The Hall–Kier alpha value is -0.510. The zero-order valence-electron chi connectivity index (χ0n) is 9.69. The molecule has 4 heteroatoms. The van der Waals surface area contributed by atoms with Gasteiger partial charge in [0.25, 0.3) is 0 Å². The summed E-state index contributed by atoms with van der Waals surface area (Å²) in [5, 5.41) is 3.38. The molecule has 0 amide bonds. The van der Waals surface area contributed by atoms with E-state index >= 15 is 0 Å². The first kappa shape index (κ1) is 14.5. The summed E-state index contributed by atoms with van der Waals surface area (Å²) < 4.78 is 5.23. The molecule has 0 aliphatic heterocycles. The fraction of sp³-hybridized carbons (Fsp3) is 0.636. The molecular formula is C11H21ClN2O. The van der Waals surface area contributed by atoms with Gasteiger partial charge in [-0.15, -0.1) is 12.4 Å². The summed E-state index contributed by atoms with van der Waals surface area (Å²) in [7, 11) is 4.23. The third kappa shape index (κ3) is 5.21. The van der Waals surface area contributed by atoms with Crippen LogP contribution >= 0.6 is 12.4 Å². The number of rotatable bonds is 6. The van der Waals surface area contributed by atoms with Crippen LogP contribution in [0.2, 0.25) is 0 Å². The molecule has 1 unspecified atom stereocenters. The highest BCUT2D eigenvalue weighted by Gasteiger charge is 2.07. The lowest BCUT2D eigenvalue weighted by atomic mass is 10.2. The lowest BCUT2D eigenvalue weighted by Crippen LogP contribution is -2.37. The Morgan fingerprint density at radius 3 is 2.67 bits per heavy atom. The predicted molar refractivity (Wildman–Crippen MR) is 65.4 cm³/mol. The van der Waals surface area contributed by atoms with Gasteiger partial charge in [-0.25, -0.2) is 0 Å². The number of halogens is 1. The Labute approximate surface area is 98.2 Å². The molecule has 15 heavy (non-hydrogen) atoms. The molecule has 1 rings (SSSR count). The van der Waals surface area contributed by atoms with Crippen LogP contribution in [0.3, 0.4) is 0 Å². The molecule has 0 fully saturated rings. The van der Waals surface area contributed by atoms with E-state index < -0.39 is 0 Å². The summed E-state index contributed by atoms with van der Waals surface area (Å²) in [5.74, 6) is 0.999. The van der Waals surface area contributed by atoms with E-state index in [-0.39, 0.29) is 12.4 Å². The van der Waals surface area contributed by atoms with Crippen molar-refractivity contribution in [1.29, 1.82) is 0 Å². The van der Waals surface area contributed by atoms with Crippen LogP contribution in [-0.2, 0) is 6.54 Å². The van der Waals surface area contributed by atoms with E-state index in [4.69, 9.17) is 4.42 Å². The second-order valence-electron chi connectivity index (χ2n) is 3.74. The topological polar surface area (TPSA) is 28.4 Å². The number of nitrogens with one attached hydrogen (secondary N) is 1. The van der Waals surface area contributed by atoms with Gasteiger partial charge in [-0.05, 0) is 32.6 Å². The van der Waals surface area contributed by atoms with E-state index in [1.165, 1.54) is 0 Å². The zero-order chi connectivity index (χ0) is 10.4. The van der Waals surface area contributed by atoms with Crippen molar-refractivity contribution >= 4 is 12.4 Å². The van der Waals surface area contributed by atoms with Gasteiger partial charge >= 0.3 is 0 Å². The maximum absolute atomic E-state index is 5.23. The van der Waals surface area contributed by atoms with Crippen LogP contribution in [0.5, 0.6) is 0 Å². The highest BCUT2D eigenvalue weighted by atomic mass is 35.5. The molecule has 88 valence electrons. The highest BCUT2D eigenvalue weighted by Crippen LogP contribution is 2.00. The second-order valence-corrected chi connectivity index (χ2v) is 3.74. The summed E-state index contributed by atoms with van der Waals surface area (Å²) >= 11 is 0. The van der Waals surface area contributed by atoms with Crippen molar-refractivity contribution in [3.05, 3.63) is 24.2 Å². The zero-order valence-corrected chi connectivity index (χ0v) is 10.5. The van der Waals surface area contributed by atoms with Crippen LogP contribution in [0.25, 0.3) is 0 Å². The quantitative estimate of drug-likeness (QED) is 0.815. The Balaban J connectivity index is 0.00000196. The molecule has 0 radical (unpaired) electrons.